The summed E-state index contributed by atoms with van der Waals surface area (Å²) in [6, 6.07) is 2.01. The van der Waals surface area contributed by atoms with E-state index < -0.39 is 0 Å². The molecule has 0 atom stereocenters. The van der Waals surface area contributed by atoms with E-state index in [0.29, 0.717) is 0 Å². The fraction of sp³-hybridized carbons (Fsp3) is 0.333. The largest absolute Gasteiger partial charge is 0.368 e. The molecule has 0 spiro atoms. The van der Waals surface area contributed by atoms with E-state index >= 15 is 0 Å². The molecule has 0 aliphatic heterocycles. The molecule has 7 nitrogen and oxygen atoms in total. The molecule has 0 aliphatic carbocycles. The molecule has 7 heteroatoms. The number of aromatic nitrogens is 6. The van der Waals surface area contributed by atoms with Crippen LogP contribution in [0.2, 0.25) is 0 Å². The van der Waals surface area contributed by atoms with Crippen LogP contribution in [0.5, 0.6) is 0 Å². The Labute approximate surface area is 110 Å². The summed E-state index contributed by atoms with van der Waals surface area (Å²) < 4.78 is 3.74. The molecule has 19 heavy (non-hydrogen) atoms. The standard InChI is InChI=1S/C12H15N7/c1-9-7-10-12(14-5-6-19(10)17-9)13-4-3-11-16-15-8-18(11)2/h5-8H,3-4H2,1-2H3,(H,13,14). The van der Waals surface area contributed by atoms with Gasteiger partial charge in [-0.1, -0.05) is 0 Å². The van der Waals surface area contributed by atoms with Crippen molar-refractivity contribution >= 4 is 11.3 Å². The van der Waals surface area contributed by atoms with Crippen LogP contribution in [0.1, 0.15) is 11.5 Å². The first-order chi connectivity index (χ1) is 9.24. The molecular formula is C12H15N7. The SMILES string of the molecule is Cc1cc2c(NCCc3nncn3C)nccn2n1. The molecule has 3 rings (SSSR count). The zero-order valence-electron chi connectivity index (χ0n) is 10.9. The summed E-state index contributed by atoms with van der Waals surface area (Å²) in [5.74, 6) is 1.79. The first-order valence-electron chi connectivity index (χ1n) is 6.12. The number of fused-ring (bicyclic) bond motifs is 1. The van der Waals surface area contributed by atoms with Crippen LogP contribution in [0.15, 0.2) is 24.8 Å². The summed E-state index contributed by atoms with van der Waals surface area (Å²) in [6.07, 6.45) is 6.08. The van der Waals surface area contributed by atoms with Crippen LogP contribution >= 0.6 is 0 Å². The van der Waals surface area contributed by atoms with Crippen LogP contribution < -0.4 is 5.32 Å². The molecule has 3 aromatic heterocycles. The number of aryl methyl sites for hydroxylation is 2. The van der Waals surface area contributed by atoms with Crippen molar-refractivity contribution < 1.29 is 0 Å². The van der Waals surface area contributed by atoms with Crippen molar-refractivity contribution in [1.82, 2.24) is 29.4 Å². The van der Waals surface area contributed by atoms with Gasteiger partial charge in [-0.2, -0.15) is 5.10 Å². The molecule has 1 N–H and O–H groups in total. The van der Waals surface area contributed by atoms with Gasteiger partial charge in [0.25, 0.3) is 0 Å². The van der Waals surface area contributed by atoms with Gasteiger partial charge in [0.2, 0.25) is 0 Å². The number of rotatable bonds is 4. The lowest BCUT2D eigenvalue weighted by molar-refractivity contribution is 0.787. The van der Waals surface area contributed by atoms with Gasteiger partial charge < -0.3 is 9.88 Å². The van der Waals surface area contributed by atoms with Crippen LogP contribution in [-0.4, -0.2) is 35.9 Å². The predicted molar refractivity (Wildman–Crippen MR) is 70.9 cm³/mol. The lowest BCUT2D eigenvalue weighted by atomic mass is 10.3. The minimum Gasteiger partial charge on any atom is -0.368 e. The predicted octanol–water partition coefficient (Wildman–Crippen LogP) is 0.821. The highest BCUT2D eigenvalue weighted by molar-refractivity contribution is 5.67. The summed E-state index contributed by atoms with van der Waals surface area (Å²) in [5.41, 5.74) is 1.96. The molecule has 3 aromatic rings. The summed E-state index contributed by atoms with van der Waals surface area (Å²) in [4.78, 5) is 4.35. The molecule has 0 aliphatic rings. The third-order valence-electron chi connectivity index (χ3n) is 2.96. The molecule has 0 saturated carbocycles. The molecule has 0 unspecified atom stereocenters. The van der Waals surface area contributed by atoms with E-state index in [-0.39, 0.29) is 0 Å². The van der Waals surface area contributed by atoms with Gasteiger partial charge in [0, 0.05) is 32.4 Å². The fourth-order valence-corrected chi connectivity index (χ4v) is 2.01. The number of hydrogen-bond acceptors (Lipinski definition) is 5. The fourth-order valence-electron chi connectivity index (χ4n) is 2.01. The van der Waals surface area contributed by atoms with Crippen molar-refractivity contribution in [2.75, 3.05) is 11.9 Å². The quantitative estimate of drug-likeness (QED) is 0.749. The van der Waals surface area contributed by atoms with Gasteiger partial charge in [0.1, 0.15) is 17.7 Å². The molecule has 0 aromatic carbocycles. The molecule has 0 amide bonds. The van der Waals surface area contributed by atoms with E-state index in [1.807, 2.05) is 35.3 Å². The van der Waals surface area contributed by atoms with Gasteiger partial charge in [-0.25, -0.2) is 9.50 Å². The maximum atomic E-state index is 4.36. The Balaban J connectivity index is 1.73. The molecule has 0 saturated heterocycles. The Bertz CT molecular complexity index is 697. The summed E-state index contributed by atoms with van der Waals surface area (Å²) in [7, 11) is 1.94. The van der Waals surface area contributed by atoms with Gasteiger partial charge in [0.05, 0.1) is 5.69 Å². The second-order valence-electron chi connectivity index (χ2n) is 4.43. The zero-order valence-corrected chi connectivity index (χ0v) is 10.9. The first-order valence-corrected chi connectivity index (χ1v) is 6.12. The smallest absolute Gasteiger partial charge is 0.152 e. The first kappa shape index (κ1) is 11.6. The van der Waals surface area contributed by atoms with Crippen molar-refractivity contribution in [3.05, 3.63) is 36.3 Å². The maximum Gasteiger partial charge on any atom is 0.152 e. The second-order valence-corrected chi connectivity index (χ2v) is 4.43. The zero-order chi connectivity index (χ0) is 13.2. The Morgan fingerprint density at radius 2 is 2.26 bits per heavy atom. The van der Waals surface area contributed by atoms with Crippen LogP contribution in [0.4, 0.5) is 5.82 Å². The van der Waals surface area contributed by atoms with Gasteiger partial charge in [-0.05, 0) is 13.0 Å². The maximum absolute atomic E-state index is 4.36. The van der Waals surface area contributed by atoms with Gasteiger partial charge >= 0.3 is 0 Å². The van der Waals surface area contributed by atoms with Crippen LogP contribution in [0, 0.1) is 6.92 Å². The molecule has 0 fully saturated rings. The lowest BCUT2D eigenvalue weighted by Gasteiger charge is -2.06. The molecule has 0 bridgehead atoms. The molecule has 0 radical (unpaired) electrons. The minimum absolute atomic E-state index is 0.753. The normalized spacial score (nSPS) is 11.1. The van der Waals surface area contributed by atoms with Crippen LogP contribution in [0.3, 0.4) is 0 Å². The van der Waals surface area contributed by atoms with E-state index in [1.54, 1.807) is 12.5 Å². The van der Waals surface area contributed by atoms with E-state index in [1.165, 1.54) is 0 Å². The molecule has 98 valence electrons. The summed E-state index contributed by atoms with van der Waals surface area (Å²) >= 11 is 0. The summed E-state index contributed by atoms with van der Waals surface area (Å²) in [6.45, 7) is 2.72. The highest BCUT2D eigenvalue weighted by Gasteiger charge is 2.05. The average molecular weight is 257 g/mol. The lowest BCUT2D eigenvalue weighted by Crippen LogP contribution is -2.10. The van der Waals surface area contributed by atoms with Gasteiger partial charge in [0.15, 0.2) is 5.82 Å². The number of nitrogens with one attached hydrogen (secondary N) is 1. The number of anilines is 1. The Morgan fingerprint density at radius 1 is 1.37 bits per heavy atom. The molecule has 3 heterocycles. The Hall–Kier alpha value is -2.44. The second kappa shape index (κ2) is 4.68. The van der Waals surface area contributed by atoms with Crippen molar-refractivity contribution in [2.45, 2.75) is 13.3 Å². The third-order valence-corrected chi connectivity index (χ3v) is 2.96. The topological polar surface area (TPSA) is 72.9 Å². The highest BCUT2D eigenvalue weighted by Crippen LogP contribution is 2.14. The van der Waals surface area contributed by atoms with Gasteiger partial charge in [-0.3, -0.25) is 0 Å². The van der Waals surface area contributed by atoms with Crippen molar-refractivity contribution in [1.29, 1.82) is 0 Å². The van der Waals surface area contributed by atoms with Crippen molar-refractivity contribution in [2.24, 2.45) is 7.05 Å². The van der Waals surface area contributed by atoms with E-state index in [9.17, 15) is 0 Å². The number of nitrogens with zero attached hydrogens (tertiary/aromatic N) is 6. The third kappa shape index (κ3) is 2.26. The Morgan fingerprint density at radius 3 is 3.05 bits per heavy atom. The average Bonchev–Trinajstić information content (AvgIpc) is 2.95. The minimum atomic E-state index is 0.753. The Kier molecular flexibility index (Phi) is 2.86. The van der Waals surface area contributed by atoms with Crippen molar-refractivity contribution in [3.8, 4) is 0 Å². The monoisotopic (exact) mass is 257 g/mol. The highest BCUT2D eigenvalue weighted by atomic mass is 15.3. The van der Waals surface area contributed by atoms with Gasteiger partial charge in [-0.15, -0.1) is 10.2 Å². The molecular weight excluding hydrogens is 242 g/mol. The van der Waals surface area contributed by atoms with Crippen LogP contribution in [0.25, 0.3) is 5.52 Å². The van der Waals surface area contributed by atoms with Crippen LogP contribution in [-0.2, 0) is 13.5 Å². The summed E-state index contributed by atoms with van der Waals surface area (Å²) in [5, 5.41) is 15.6. The van der Waals surface area contributed by atoms with Crippen molar-refractivity contribution in [3.63, 3.8) is 0 Å². The van der Waals surface area contributed by atoms with E-state index in [2.05, 4.69) is 25.6 Å². The van der Waals surface area contributed by atoms with E-state index in [0.717, 1.165) is 35.8 Å². The van der Waals surface area contributed by atoms with E-state index in [4.69, 9.17) is 0 Å². The number of hydrogen-bond donors (Lipinski definition) is 1.